The topological polar surface area (TPSA) is 72.0 Å². The van der Waals surface area contributed by atoms with Crippen LogP contribution in [0.3, 0.4) is 0 Å². The Kier molecular flexibility index (Phi) is 7.05. The highest BCUT2D eigenvalue weighted by molar-refractivity contribution is 5.94. The molecule has 2 rings (SSSR count). The average Bonchev–Trinajstić information content (AvgIpc) is 2.61. The smallest absolute Gasteiger partial charge is 0.410 e. The molecule has 0 aliphatic carbocycles. The Labute approximate surface area is 161 Å². The lowest BCUT2D eigenvalue weighted by atomic mass is 9.97. The van der Waals surface area contributed by atoms with Gasteiger partial charge in [0, 0.05) is 38.9 Å². The minimum atomic E-state index is -0.513. The second-order valence-corrected chi connectivity index (χ2v) is 7.94. The number of likely N-dealkylation sites (tertiary alicyclic amines) is 1. The van der Waals surface area contributed by atoms with E-state index in [1.165, 1.54) is 0 Å². The van der Waals surface area contributed by atoms with Crippen molar-refractivity contribution in [3.63, 3.8) is 0 Å². The van der Waals surface area contributed by atoms with Gasteiger partial charge in [0.25, 0.3) is 5.91 Å². The molecule has 0 aromatic carbocycles. The lowest BCUT2D eigenvalue weighted by Crippen LogP contribution is -2.45. The third kappa shape index (κ3) is 6.41. The molecule has 0 N–H and O–H groups in total. The first-order valence-corrected chi connectivity index (χ1v) is 9.52. The number of hydrogen-bond acceptors (Lipinski definition) is 5. The third-order valence-electron chi connectivity index (χ3n) is 4.32. The van der Waals surface area contributed by atoms with Crippen LogP contribution >= 0.6 is 0 Å². The highest BCUT2D eigenvalue weighted by Gasteiger charge is 2.28. The van der Waals surface area contributed by atoms with E-state index in [2.05, 4.69) is 4.98 Å². The number of ether oxygens (including phenoxy) is 2. The van der Waals surface area contributed by atoms with E-state index in [4.69, 9.17) is 9.47 Å². The molecule has 2 heterocycles. The van der Waals surface area contributed by atoms with Gasteiger partial charge in [-0.2, -0.15) is 0 Å². The van der Waals surface area contributed by atoms with Crippen LogP contribution in [0, 0.1) is 5.92 Å². The molecule has 0 bridgehead atoms. The van der Waals surface area contributed by atoms with Crippen molar-refractivity contribution in [2.24, 2.45) is 5.92 Å². The van der Waals surface area contributed by atoms with Crippen molar-refractivity contribution >= 4 is 12.0 Å². The van der Waals surface area contributed by atoms with Crippen molar-refractivity contribution in [2.75, 3.05) is 33.3 Å². The van der Waals surface area contributed by atoms with Crippen molar-refractivity contribution in [2.45, 2.75) is 46.1 Å². The van der Waals surface area contributed by atoms with Gasteiger partial charge in [0.15, 0.2) is 0 Å². The molecule has 2 amide bonds. The fraction of sp³-hybridized carbons (Fsp3) is 0.650. The predicted octanol–water partition coefficient (Wildman–Crippen LogP) is 3.20. The summed E-state index contributed by atoms with van der Waals surface area (Å²) in [5.74, 6) is 0.718. The van der Waals surface area contributed by atoms with Crippen molar-refractivity contribution in [1.82, 2.24) is 14.8 Å². The number of hydrogen-bond donors (Lipinski definition) is 0. The molecule has 0 unspecified atom stereocenters. The molecule has 7 nitrogen and oxygen atoms in total. The lowest BCUT2D eigenvalue weighted by Gasteiger charge is -2.35. The van der Waals surface area contributed by atoms with E-state index < -0.39 is 5.60 Å². The molecule has 1 aromatic rings. The number of piperidine rings is 1. The summed E-state index contributed by atoms with van der Waals surface area (Å²) in [5.41, 5.74) is 0.0419. The highest BCUT2D eigenvalue weighted by atomic mass is 16.6. The number of amides is 2. The van der Waals surface area contributed by atoms with E-state index in [1.54, 1.807) is 30.3 Å². The van der Waals surface area contributed by atoms with E-state index in [0.717, 1.165) is 19.4 Å². The molecular weight excluding hydrogens is 346 g/mol. The predicted molar refractivity (Wildman–Crippen MR) is 103 cm³/mol. The van der Waals surface area contributed by atoms with Gasteiger partial charge in [-0.3, -0.25) is 4.79 Å². The molecule has 0 radical (unpaired) electrons. The van der Waals surface area contributed by atoms with Crippen LogP contribution < -0.4 is 4.74 Å². The minimum absolute atomic E-state index is 0.0323. The largest absolute Gasteiger partial charge is 0.478 e. The van der Waals surface area contributed by atoms with Crippen LogP contribution in [-0.2, 0) is 4.74 Å². The van der Waals surface area contributed by atoms with Crippen LogP contribution in [0.1, 0.15) is 50.9 Å². The zero-order valence-corrected chi connectivity index (χ0v) is 17.0. The molecular formula is C20H31N3O4. The Morgan fingerprint density at radius 1 is 1.33 bits per heavy atom. The maximum Gasteiger partial charge on any atom is 0.410 e. The standard InChI is InChI=1S/C20H31N3O4/c1-6-26-17-10-9-16(12-21-17)18(24)23-11-7-8-15(14-23)13-22(5)19(25)27-20(2,3)4/h9-10,12,15H,6-8,11,13-14H2,1-5H3/t15-/m1/s1. The monoisotopic (exact) mass is 377 g/mol. The normalized spacial score (nSPS) is 17.4. The minimum Gasteiger partial charge on any atom is -0.478 e. The van der Waals surface area contributed by atoms with Gasteiger partial charge in [-0.1, -0.05) is 0 Å². The number of aromatic nitrogens is 1. The van der Waals surface area contributed by atoms with Crippen molar-refractivity contribution < 1.29 is 19.1 Å². The molecule has 150 valence electrons. The summed E-state index contributed by atoms with van der Waals surface area (Å²) >= 11 is 0. The number of rotatable bonds is 5. The first-order chi connectivity index (χ1) is 12.7. The number of nitrogens with zero attached hydrogens (tertiary/aromatic N) is 3. The van der Waals surface area contributed by atoms with Crippen molar-refractivity contribution in [3.8, 4) is 5.88 Å². The van der Waals surface area contributed by atoms with E-state index in [1.807, 2.05) is 32.6 Å². The molecule has 7 heteroatoms. The number of carbonyl (C=O) groups excluding carboxylic acids is 2. The molecule has 1 aliphatic rings. The van der Waals surface area contributed by atoms with Gasteiger partial charge >= 0.3 is 6.09 Å². The second kappa shape index (κ2) is 9.06. The number of carbonyl (C=O) groups is 2. The fourth-order valence-corrected chi connectivity index (χ4v) is 3.12. The zero-order chi connectivity index (χ0) is 20.0. The second-order valence-electron chi connectivity index (χ2n) is 7.94. The first kappa shape index (κ1) is 21.0. The van der Waals surface area contributed by atoms with E-state index in [-0.39, 0.29) is 17.9 Å². The van der Waals surface area contributed by atoms with Crippen LogP contribution in [0.5, 0.6) is 5.88 Å². The molecule has 1 aromatic heterocycles. The third-order valence-corrected chi connectivity index (χ3v) is 4.32. The van der Waals surface area contributed by atoms with Crippen LogP contribution in [0.2, 0.25) is 0 Å². The average molecular weight is 377 g/mol. The van der Waals surface area contributed by atoms with Gasteiger partial charge in [0.2, 0.25) is 5.88 Å². The van der Waals surface area contributed by atoms with Gasteiger partial charge in [-0.15, -0.1) is 0 Å². The Balaban J connectivity index is 1.92. The molecule has 1 aliphatic heterocycles. The van der Waals surface area contributed by atoms with Crippen LogP contribution in [0.15, 0.2) is 18.3 Å². The molecule has 1 atom stereocenters. The summed E-state index contributed by atoms with van der Waals surface area (Å²) in [4.78, 5) is 32.5. The van der Waals surface area contributed by atoms with Gasteiger partial charge < -0.3 is 19.3 Å². The lowest BCUT2D eigenvalue weighted by molar-refractivity contribution is 0.0244. The highest BCUT2D eigenvalue weighted by Crippen LogP contribution is 2.21. The summed E-state index contributed by atoms with van der Waals surface area (Å²) in [7, 11) is 1.74. The Morgan fingerprint density at radius 2 is 2.07 bits per heavy atom. The van der Waals surface area contributed by atoms with Gasteiger partial charge in [-0.05, 0) is 52.5 Å². The van der Waals surface area contributed by atoms with E-state index in [0.29, 0.717) is 31.1 Å². The van der Waals surface area contributed by atoms with Crippen molar-refractivity contribution in [3.05, 3.63) is 23.9 Å². The Morgan fingerprint density at radius 3 is 2.67 bits per heavy atom. The van der Waals surface area contributed by atoms with Gasteiger partial charge in [-0.25, -0.2) is 9.78 Å². The fourth-order valence-electron chi connectivity index (χ4n) is 3.12. The zero-order valence-electron chi connectivity index (χ0n) is 17.0. The van der Waals surface area contributed by atoms with Crippen LogP contribution in [0.4, 0.5) is 4.79 Å². The van der Waals surface area contributed by atoms with Gasteiger partial charge in [0.1, 0.15) is 5.60 Å². The van der Waals surface area contributed by atoms with Crippen LogP contribution in [-0.4, -0.2) is 65.7 Å². The molecule has 27 heavy (non-hydrogen) atoms. The summed E-state index contributed by atoms with van der Waals surface area (Å²) in [6, 6.07) is 3.46. The van der Waals surface area contributed by atoms with E-state index in [9.17, 15) is 9.59 Å². The summed E-state index contributed by atoms with van der Waals surface area (Å²) in [6.07, 6.45) is 3.13. The molecule has 0 saturated carbocycles. The summed E-state index contributed by atoms with van der Waals surface area (Å²) in [6.45, 7) is 9.90. The summed E-state index contributed by atoms with van der Waals surface area (Å²) < 4.78 is 10.7. The van der Waals surface area contributed by atoms with Crippen molar-refractivity contribution in [1.29, 1.82) is 0 Å². The Hall–Kier alpha value is -2.31. The number of pyridine rings is 1. The molecule has 0 spiro atoms. The van der Waals surface area contributed by atoms with E-state index >= 15 is 0 Å². The Bertz CT molecular complexity index is 640. The SMILES string of the molecule is CCOc1ccc(C(=O)N2CCC[C@H](CN(C)C(=O)OC(C)(C)C)C2)cn1. The quantitative estimate of drug-likeness (QED) is 0.788. The van der Waals surface area contributed by atoms with Crippen LogP contribution in [0.25, 0.3) is 0 Å². The molecule has 1 saturated heterocycles. The summed E-state index contributed by atoms with van der Waals surface area (Å²) in [5, 5.41) is 0. The maximum atomic E-state index is 12.8. The first-order valence-electron chi connectivity index (χ1n) is 9.52. The maximum absolute atomic E-state index is 12.8. The molecule has 1 fully saturated rings. The van der Waals surface area contributed by atoms with Gasteiger partial charge in [0.05, 0.1) is 12.2 Å².